The van der Waals surface area contributed by atoms with E-state index in [1.54, 1.807) is 13.1 Å². The lowest BCUT2D eigenvalue weighted by Gasteiger charge is -2.08. The molecule has 0 aliphatic rings. The number of aromatic nitrogens is 2. The number of hydrogen-bond acceptors (Lipinski definition) is 7. The maximum absolute atomic E-state index is 10.9. The summed E-state index contributed by atoms with van der Waals surface area (Å²) in [5.41, 5.74) is 1.53. The van der Waals surface area contributed by atoms with Gasteiger partial charge in [0, 0.05) is 18.9 Å². The molecule has 0 amide bonds. The molecule has 1 N–H and O–H groups in total. The molecule has 19 heavy (non-hydrogen) atoms. The molecule has 0 aliphatic heterocycles. The SMILES string of the molecule is CNc1c(CSc2nc(C)ns2)cccc1[N+](=O)[O-]. The van der Waals surface area contributed by atoms with Crippen molar-refractivity contribution < 1.29 is 4.92 Å². The largest absolute Gasteiger partial charge is 0.382 e. The molecule has 1 aromatic carbocycles. The highest BCUT2D eigenvalue weighted by molar-refractivity contribution is 8.00. The number of hydrogen-bond donors (Lipinski definition) is 1. The number of aryl methyl sites for hydroxylation is 1. The molecule has 1 heterocycles. The van der Waals surface area contributed by atoms with Gasteiger partial charge in [-0.3, -0.25) is 10.1 Å². The van der Waals surface area contributed by atoms with Crippen LogP contribution in [0.5, 0.6) is 0 Å². The van der Waals surface area contributed by atoms with Crippen LogP contribution in [0, 0.1) is 17.0 Å². The molecule has 0 radical (unpaired) electrons. The summed E-state index contributed by atoms with van der Waals surface area (Å²) in [6, 6.07) is 5.06. The predicted molar refractivity (Wildman–Crippen MR) is 76.9 cm³/mol. The van der Waals surface area contributed by atoms with Crippen LogP contribution in [-0.2, 0) is 5.75 Å². The van der Waals surface area contributed by atoms with Crippen molar-refractivity contribution in [1.29, 1.82) is 0 Å². The number of nitrogens with one attached hydrogen (secondary N) is 1. The minimum atomic E-state index is -0.380. The van der Waals surface area contributed by atoms with Crippen molar-refractivity contribution in [2.24, 2.45) is 0 Å². The van der Waals surface area contributed by atoms with E-state index in [1.807, 2.05) is 13.0 Å². The third-order valence-electron chi connectivity index (χ3n) is 2.44. The number of rotatable bonds is 5. The molecule has 0 saturated carbocycles. The van der Waals surface area contributed by atoms with Gasteiger partial charge in [0.05, 0.1) is 4.92 Å². The smallest absolute Gasteiger partial charge is 0.292 e. The molecule has 0 fully saturated rings. The van der Waals surface area contributed by atoms with Gasteiger partial charge in [-0.1, -0.05) is 23.9 Å². The van der Waals surface area contributed by atoms with E-state index in [-0.39, 0.29) is 10.6 Å². The minimum Gasteiger partial charge on any atom is -0.382 e. The molecule has 2 aromatic rings. The second-order valence-electron chi connectivity index (χ2n) is 3.71. The van der Waals surface area contributed by atoms with Gasteiger partial charge in [-0.15, -0.1) is 0 Å². The van der Waals surface area contributed by atoms with Gasteiger partial charge in [0.1, 0.15) is 11.5 Å². The van der Waals surface area contributed by atoms with E-state index in [9.17, 15) is 10.1 Å². The zero-order chi connectivity index (χ0) is 13.8. The average molecular weight is 296 g/mol. The van der Waals surface area contributed by atoms with Crippen LogP contribution in [0.25, 0.3) is 0 Å². The fourth-order valence-corrected chi connectivity index (χ4v) is 3.26. The summed E-state index contributed by atoms with van der Waals surface area (Å²) in [5, 5.41) is 13.8. The van der Waals surface area contributed by atoms with E-state index in [2.05, 4.69) is 14.7 Å². The molecule has 0 spiro atoms. The maximum atomic E-state index is 10.9. The third-order valence-corrected chi connectivity index (χ3v) is 4.41. The Bertz CT molecular complexity index is 600. The molecule has 1 aromatic heterocycles. The predicted octanol–water partition coefficient (Wildman–Crippen LogP) is 3.09. The Labute approximate surface area is 118 Å². The first kappa shape index (κ1) is 13.8. The molecule has 2 rings (SSSR count). The molecular weight excluding hydrogens is 284 g/mol. The van der Waals surface area contributed by atoms with E-state index >= 15 is 0 Å². The number of benzene rings is 1. The standard InChI is InChI=1S/C11H12N4O2S2/c1-7-13-11(19-14-7)18-6-8-4-3-5-9(15(16)17)10(8)12-2/h3-5,12H,6H2,1-2H3. The van der Waals surface area contributed by atoms with Crippen molar-refractivity contribution in [2.75, 3.05) is 12.4 Å². The van der Waals surface area contributed by atoms with Gasteiger partial charge in [0.25, 0.3) is 5.69 Å². The summed E-state index contributed by atoms with van der Waals surface area (Å²) in [6.45, 7) is 1.84. The van der Waals surface area contributed by atoms with Gasteiger partial charge in [0.2, 0.25) is 0 Å². The highest BCUT2D eigenvalue weighted by Crippen LogP contribution is 2.32. The number of nitrogens with zero attached hydrogens (tertiary/aromatic N) is 3. The number of nitro benzene ring substituents is 1. The van der Waals surface area contributed by atoms with Crippen molar-refractivity contribution in [2.45, 2.75) is 17.0 Å². The van der Waals surface area contributed by atoms with Crippen LogP contribution >= 0.6 is 23.3 Å². The second-order valence-corrected chi connectivity index (χ2v) is 5.69. The summed E-state index contributed by atoms with van der Waals surface area (Å²) in [4.78, 5) is 14.8. The second kappa shape index (κ2) is 5.98. The summed E-state index contributed by atoms with van der Waals surface area (Å²) < 4.78 is 4.97. The summed E-state index contributed by atoms with van der Waals surface area (Å²) in [7, 11) is 1.69. The first-order valence-electron chi connectivity index (χ1n) is 5.49. The Hall–Kier alpha value is -1.67. The molecule has 8 heteroatoms. The van der Waals surface area contributed by atoms with Gasteiger partial charge in [0.15, 0.2) is 4.34 Å². The quantitative estimate of drug-likeness (QED) is 0.519. The molecule has 0 atom stereocenters. The first-order valence-corrected chi connectivity index (χ1v) is 7.25. The van der Waals surface area contributed by atoms with E-state index in [4.69, 9.17) is 0 Å². The van der Waals surface area contributed by atoms with Crippen LogP contribution < -0.4 is 5.32 Å². The first-order chi connectivity index (χ1) is 9.11. The van der Waals surface area contributed by atoms with Crippen LogP contribution in [-0.4, -0.2) is 21.3 Å². The fraction of sp³-hybridized carbons (Fsp3) is 0.273. The zero-order valence-electron chi connectivity index (χ0n) is 10.4. The lowest BCUT2D eigenvalue weighted by atomic mass is 10.1. The van der Waals surface area contributed by atoms with E-state index in [1.165, 1.54) is 29.4 Å². The normalized spacial score (nSPS) is 10.4. The fourth-order valence-electron chi connectivity index (χ4n) is 1.62. The van der Waals surface area contributed by atoms with Gasteiger partial charge in [-0.2, -0.15) is 4.37 Å². The van der Waals surface area contributed by atoms with Gasteiger partial charge in [-0.05, 0) is 24.0 Å². The molecule has 0 aliphatic carbocycles. The van der Waals surface area contributed by atoms with E-state index in [0.717, 1.165) is 15.7 Å². The molecule has 0 saturated heterocycles. The molecule has 100 valence electrons. The van der Waals surface area contributed by atoms with Crippen molar-refractivity contribution in [1.82, 2.24) is 9.36 Å². The van der Waals surface area contributed by atoms with Crippen molar-refractivity contribution in [3.05, 3.63) is 39.7 Å². The van der Waals surface area contributed by atoms with E-state index in [0.29, 0.717) is 11.4 Å². The van der Waals surface area contributed by atoms with Crippen molar-refractivity contribution >= 4 is 34.7 Å². The summed E-state index contributed by atoms with van der Waals surface area (Å²) in [6.07, 6.45) is 0. The third kappa shape index (κ3) is 3.21. The minimum absolute atomic E-state index is 0.0917. The topological polar surface area (TPSA) is 81.0 Å². The Morgan fingerprint density at radius 3 is 2.89 bits per heavy atom. The van der Waals surface area contributed by atoms with Crippen molar-refractivity contribution in [3.8, 4) is 0 Å². The van der Waals surface area contributed by atoms with Gasteiger partial charge >= 0.3 is 0 Å². The highest BCUT2D eigenvalue weighted by atomic mass is 32.2. The monoisotopic (exact) mass is 296 g/mol. The Balaban J connectivity index is 2.20. The highest BCUT2D eigenvalue weighted by Gasteiger charge is 2.16. The van der Waals surface area contributed by atoms with Crippen LogP contribution in [0.15, 0.2) is 22.5 Å². The maximum Gasteiger partial charge on any atom is 0.292 e. The van der Waals surface area contributed by atoms with Gasteiger partial charge < -0.3 is 5.32 Å². The molecule has 0 unspecified atom stereocenters. The lowest BCUT2D eigenvalue weighted by molar-refractivity contribution is -0.384. The number of anilines is 1. The summed E-state index contributed by atoms with van der Waals surface area (Å²) >= 11 is 2.87. The van der Waals surface area contributed by atoms with Crippen LogP contribution in [0.2, 0.25) is 0 Å². The molecule has 0 bridgehead atoms. The van der Waals surface area contributed by atoms with Crippen LogP contribution in [0.4, 0.5) is 11.4 Å². The Morgan fingerprint density at radius 2 is 2.32 bits per heavy atom. The Morgan fingerprint density at radius 1 is 1.53 bits per heavy atom. The van der Waals surface area contributed by atoms with Crippen molar-refractivity contribution in [3.63, 3.8) is 0 Å². The Kier molecular flexibility index (Phi) is 4.33. The number of nitro groups is 1. The average Bonchev–Trinajstić information content (AvgIpc) is 2.81. The lowest BCUT2D eigenvalue weighted by Crippen LogP contribution is -2.00. The zero-order valence-corrected chi connectivity index (χ0v) is 12.0. The van der Waals surface area contributed by atoms with Gasteiger partial charge in [-0.25, -0.2) is 4.98 Å². The molecule has 6 nitrogen and oxygen atoms in total. The van der Waals surface area contributed by atoms with E-state index < -0.39 is 0 Å². The number of para-hydroxylation sites is 1. The number of thioether (sulfide) groups is 1. The van der Waals surface area contributed by atoms with Crippen LogP contribution in [0.3, 0.4) is 0 Å². The summed E-state index contributed by atoms with van der Waals surface area (Å²) in [5.74, 6) is 1.37. The molecular formula is C11H12N4O2S2. The van der Waals surface area contributed by atoms with Crippen LogP contribution in [0.1, 0.15) is 11.4 Å².